The van der Waals surface area contributed by atoms with Gasteiger partial charge in [0.25, 0.3) is 0 Å². The van der Waals surface area contributed by atoms with E-state index in [-0.39, 0.29) is 18.3 Å². The molecular weight excluding hydrogens is 221 g/mol. The first-order chi connectivity index (χ1) is 8.13. The van der Waals surface area contributed by atoms with Crippen LogP contribution in [0.15, 0.2) is 18.2 Å². The first-order valence-corrected chi connectivity index (χ1v) is 5.89. The summed E-state index contributed by atoms with van der Waals surface area (Å²) in [4.78, 5) is 12.7. The van der Waals surface area contributed by atoms with Crippen LogP contribution in [-0.4, -0.2) is 23.7 Å². The van der Waals surface area contributed by atoms with Crippen LogP contribution in [0.5, 0.6) is 0 Å². The second kappa shape index (κ2) is 4.73. The second-order valence-corrected chi connectivity index (χ2v) is 4.31. The highest BCUT2D eigenvalue weighted by Crippen LogP contribution is 2.35. The molecule has 0 aliphatic carbocycles. The average Bonchev–Trinajstić information content (AvgIpc) is 2.65. The fraction of sp³-hybridized carbons (Fsp3) is 0.462. The van der Waals surface area contributed by atoms with Gasteiger partial charge in [0.1, 0.15) is 5.82 Å². The zero-order valence-corrected chi connectivity index (χ0v) is 9.82. The molecule has 1 aliphatic rings. The zero-order chi connectivity index (χ0) is 12.4. The predicted molar refractivity (Wildman–Crippen MR) is 63.8 cm³/mol. The van der Waals surface area contributed by atoms with Gasteiger partial charge in [-0.05, 0) is 31.9 Å². The predicted octanol–water partition coefficient (Wildman–Crippen LogP) is 2.44. The molecule has 1 unspecified atom stereocenters. The van der Waals surface area contributed by atoms with Crippen molar-refractivity contribution in [3.63, 3.8) is 0 Å². The number of hydrogen-bond acceptors (Lipinski definition) is 2. The number of aliphatic carboxylic acids is 1. The molecular formula is C13H16FNO2. The maximum Gasteiger partial charge on any atom is 0.303 e. The molecule has 1 heterocycles. The maximum absolute atomic E-state index is 13.6. The molecule has 0 saturated heterocycles. The molecule has 92 valence electrons. The van der Waals surface area contributed by atoms with Gasteiger partial charge in [-0.15, -0.1) is 0 Å². The Morgan fingerprint density at radius 3 is 3.00 bits per heavy atom. The second-order valence-electron chi connectivity index (χ2n) is 4.31. The van der Waals surface area contributed by atoms with Gasteiger partial charge in [-0.25, -0.2) is 4.39 Å². The van der Waals surface area contributed by atoms with Gasteiger partial charge in [-0.2, -0.15) is 0 Å². The molecule has 4 heteroatoms. The van der Waals surface area contributed by atoms with Crippen LogP contribution in [0.4, 0.5) is 10.1 Å². The molecule has 17 heavy (non-hydrogen) atoms. The van der Waals surface area contributed by atoms with Gasteiger partial charge < -0.3 is 10.0 Å². The van der Waals surface area contributed by atoms with Crippen molar-refractivity contribution in [2.75, 3.05) is 11.4 Å². The van der Waals surface area contributed by atoms with E-state index in [1.54, 1.807) is 6.07 Å². The summed E-state index contributed by atoms with van der Waals surface area (Å²) in [7, 11) is 0. The number of fused-ring (bicyclic) bond motifs is 1. The van der Waals surface area contributed by atoms with E-state index in [1.807, 2.05) is 13.0 Å². The van der Waals surface area contributed by atoms with Crippen molar-refractivity contribution in [1.82, 2.24) is 0 Å². The van der Waals surface area contributed by atoms with Gasteiger partial charge in [0.05, 0.1) is 0 Å². The number of nitrogens with zero attached hydrogens (tertiary/aromatic N) is 1. The number of likely N-dealkylation sites (N-methyl/N-ethyl adjacent to an activating group) is 1. The van der Waals surface area contributed by atoms with E-state index in [0.29, 0.717) is 12.8 Å². The summed E-state index contributed by atoms with van der Waals surface area (Å²) < 4.78 is 13.6. The molecule has 1 atom stereocenters. The SMILES string of the molecule is CCN1c2cccc(F)c2CC1CCC(=O)O. The van der Waals surface area contributed by atoms with E-state index in [2.05, 4.69) is 4.90 Å². The molecule has 0 bridgehead atoms. The van der Waals surface area contributed by atoms with Crippen molar-refractivity contribution >= 4 is 11.7 Å². The largest absolute Gasteiger partial charge is 0.481 e. The van der Waals surface area contributed by atoms with Crippen LogP contribution in [0.2, 0.25) is 0 Å². The standard InChI is InChI=1S/C13H16FNO2/c1-2-15-9(6-7-13(16)17)8-10-11(14)4-3-5-12(10)15/h3-5,9H,2,6-8H2,1H3,(H,16,17). The van der Waals surface area contributed by atoms with Gasteiger partial charge in [-0.3, -0.25) is 4.79 Å². The van der Waals surface area contributed by atoms with Crippen LogP contribution in [0.3, 0.4) is 0 Å². The van der Waals surface area contributed by atoms with E-state index in [9.17, 15) is 9.18 Å². The van der Waals surface area contributed by atoms with Gasteiger partial charge in [0, 0.05) is 30.3 Å². The number of halogens is 1. The summed E-state index contributed by atoms with van der Waals surface area (Å²) in [5, 5.41) is 8.71. The number of rotatable bonds is 4. The fourth-order valence-electron chi connectivity index (χ4n) is 2.54. The summed E-state index contributed by atoms with van der Waals surface area (Å²) in [6.45, 7) is 2.79. The topological polar surface area (TPSA) is 40.5 Å². The Bertz CT molecular complexity index is 433. The number of benzene rings is 1. The van der Waals surface area contributed by atoms with Crippen LogP contribution in [0, 0.1) is 5.82 Å². The van der Waals surface area contributed by atoms with Gasteiger partial charge in [0.2, 0.25) is 0 Å². The molecule has 3 nitrogen and oxygen atoms in total. The third kappa shape index (κ3) is 2.25. The van der Waals surface area contributed by atoms with Crippen molar-refractivity contribution in [2.45, 2.75) is 32.2 Å². The van der Waals surface area contributed by atoms with Gasteiger partial charge >= 0.3 is 5.97 Å². The number of hydrogen-bond donors (Lipinski definition) is 1. The van der Waals surface area contributed by atoms with E-state index >= 15 is 0 Å². The van der Waals surface area contributed by atoms with Gasteiger partial charge in [-0.1, -0.05) is 6.07 Å². The molecule has 1 N–H and O–H groups in total. The molecule has 1 aliphatic heterocycles. The first kappa shape index (κ1) is 11.9. The lowest BCUT2D eigenvalue weighted by Crippen LogP contribution is -2.32. The molecule has 2 rings (SSSR count). The third-order valence-corrected chi connectivity index (χ3v) is 3.32. The molecule has 0 saturated carbocycles. The van der Waals surface area contributed by atoms with Crippen LogP contribution < -0.4 is 4.90 Å². The molecule has 0 spiro atoms. The zero-order valence-electron chi connectivity index (χ0n) is 9.82. The van der Waals surface area contributed by atoms with Crippen molar-refractivity contribution in [3.05, 3.63) is 29.6 Å². The van der Waals surface area contributed by atoms with Crippen molar-refractivity contribution < 1.29 is 14.3 Å². The monoisotopic (exact) mass is 237 g/mol. The quantitative estimate of drug-likeness (QED) is 0.874. The molecule has 0 radical (unpaired) electrons. The lowest BCUT2D eigenvalue weighted by atomic mass is 10.1. The highest BCUT2D eigenvalue weighted by molar-refractivity contribution is 5.67. The Labute approximate surface area is 99.9 Å². The van der Waals surface area contributed by atoms with Crippen molar-refractivity contribution in [2.24, 2.45) is 0 Å². The Balaban J connectivity index is 2.19. The lowest BCUT2D eigenvalue weighted by molar-refractivity contribution is -0.137. The summed E-state index contributed by atoms with van der Waals surface area (Å²) in [5.74, 6) is -0.976. The van der Waals surface area contributed by atoms with E-state index < -0.39 is 5.97 Å². The summed E-state index contributed by atoms with van der Waals surface area (Å²) in [5.41, 5.74) is 1.65. The highest BCUT2D eigenvalue weighted by atomic mass is 19.1. The number of carbonyl (C=O) groups is 1. The Kier molecular flexibility index (Phi) is 3.31. The molecule has 0 amide bonds. The highest BCUT2D eigenvalue weighted by Gasteiger charge is 2.30. The summed E-state index contributed by atoms with van der Waals surface area (Å²) >= 11 is 0. The Hall–Kier alpha value is -1.58. The molecule has 0 aromatic heterocycles. The van der Waals surface area contributed by atoms with Crippen LogP contribution in [0.1, 0.15) is 25.3 Å². The number of carboxylic acids is 1. The Morgan fingerprint density at radius 1 is 1.59 bits per heavy atom. The maximum atomic E-state index is 13.6. The molecule has 1 aromatic rings. The van der Waals surface area contributed by atoms with Gasteiger partial charge in [0.15, 0.2) is 0 Å². The Morgan fingerprint density at radius 2 is 2.35 bits per heavy atom. The summed E-state index contributed by atoms with van der Waals surface area (Å²) in [6.07, 6.45) is 1.32. The normalized spacial score (nSPS) is 18.2. The number of anilines is 1. The number of carboxylic acid groups (broad SMARTS) is 1. The van der Waals surface area contributed by atoms with Crippen molar-refractivity contribution in [1.29, 1.82) is 0 Å². The molecule has 0 fully saturated rings. The van der Waals surface area contributed by atoms with Crippen molar-refractivity contribution in [3.8, 4) is 0 Å². The minimum atomic E-state index is -0.794. The van der Waals surface area contributed by atoms with E-state index in [0.717, 1.165) is 17.8 Å². The first-order valence-electron chi connectivity index (χ1n) is 5.89. The lowest BCUT2D eigenvalue weighted by Gasteiger charge is -2.25. The average molecular weight is 237 g/mol. The summed E-state index contributed by atoms with van der Waals surface area (Å²) in [6, 6.07) is 5.19. The molecule has 1 aromatic carbocycles. The van der Waals surface area contributed by atoms with Crippen LogP contribution in [-0.2, 0) is 11.2 Å². The van der Waals surface area contributed by atoms with Crippen LogP contribution >= 0.6 is 0 Å². The van der Waals surface area contributed by atoms with E-state index in [4.69, 9.17) is 5.11 Å². The minimum absolute atomic E-state index is 0.114. The smallest absolute Gasteiger partial charge is 0.303 e. The third-order valence-electron chi connectivity index (χ3n) is 3.32. The van der Waals surface area contributed by atoms with E-state index in [1.165, 1.54) is 6.07 Å². The minimum Gasteiger partial charge on any atom is -0.481 e. The van der Waals surface area contributed by atoms with Crippen LogP contribution in [0.25, 0.3) is 0 Å². The fourth-order valence-corrected chi connectivity index (χ4v) is 2.54.